The molecule has 52 valence electrons. The molecule has 1 heteroatoms. The highest BCUT2D eigenvalue weighted by Gasteiger charge is 2.18. The summed E-state index contributed by atoms with van der Waals surface area (Å²) < 4.78 is 0. The Balaban J connectivity index is 4.04. The van der Waals surface area contributed by atoms with Crippen LogP contribution in [0.2, 0.25) is 0 Å². The summed E-state index contributed by atoms with van der Waals surface area (Å²) in [7, 11) is 1.91. The van der Waals surface area contributed by atoms with E-state index >= 15 is 0 Å². The largest absolute Gasteiger partial charge is 0.304 e. The Bertz CT molecular complexity index is 98.0. The second-order valence-electron chi connectivity index (χ2n) is 2.18. The minimum atomic E-state index is -0.0556. The van der Waals surface area contributed by atoms with Gasteiger partial charge in [0.05, 0.1) is 5.54 Å². The van der Waals surface area contributed by atoms with Gasteiger partial charge in [-0.2, -0.15) is 0 Å². The average Bonchev–Trinajstić information content (AvgIpc) is 1.95. The van der Waals surface area contributed by atoms with Crippen molar-refractivity contribution < 1.29 is 0 Å². The van der Waals surface area contributed by atoms with Crippen molar-refractivity contribution in [1.82, 2.24) is 5.32 Å². The van der Waals surface area contributed by atoms with E-state index in [1.54, 1.807) is 0 Å². The monoisotopic (exact) mass is 125 g/mol. The molecule has 0 fully saturated rings. The molecule has 9 heavy (non-hydrogen) atoms. The smallest absolute Gasteiger partial charge is 0.0790 e. The summed E-state index contributed by atoms with van der Waals surface area (Å²) in [4.78, 5) is 0. The van der Waals surface area contributed by atoms with Crippen molar-refractivity contribution in [3.05, 3.63) is 0 Å². The molecule has 0 unspecified atom stereocenters. The molecule has 0 radical (unpaired) electrons. The van der Waals surface area contributed by atoms with Crippen LogP contribution in [0.5, 0.6) is 0 Å². The van der Waals surface area contributed by atoms with Crippen LogP contribution in [0.4, 0.5) is 0 Å². The molecular weight excluding hydrogens is 110 g/mol. The van der Waals surface area contributed by atoms with Gasteiger partial charge >= 0.3 is 0 Å². The van der Waals surface area contributed by atoms with E-state index in [-0.39, 0.29) is 5.54 Å². The first-order chi connectivity index (χ1) is 4.24. The fourth-order valence-electron chi connectivity index (χ4n) is 0.880. The highest BCUT2D eigenvalue weighted by Crippen LogP contribution is 2.11. The molecule has 0 aromatic carbocycles. The van der Waals surface area contributed by atoms with Gasteiger partial charge in [0, 0.05) is 0 Å². The van der Waals surface area contributed by atoms with Crippen molar-refractivity contribution >= 4 is 0 Å². The van der Waals surface area contributed by atoms with Crippen LogP contribution in [0, 0.1) is 12.3 Å². The Morgan fingerprint density at radius 2 is 1.89 bits per heavy atom. The van der Waals surface area contributed by atoms with Crippen LogP contribution in [0.25, 0.3) is 0 Å². The Morgan fingerprint density at radius 1 is 1.44 bits per heavy atom. The first kappa shape index (κ1) is 8.52. The zero-order chi connectivity index (χ0) is 7.33. The van der Waals surface area contributed by atoms with Gasteiger partial charge < -0.3 is 5.32 Å². The molecule has 0 saturated heterocycles. The third-order valence-corrected chi connectivity index (χ3v) is 1.96. The quantitative estimate of drug-likeness (QED) is 0.562. The van der Waals surface area contributed by atoms with E-state index in [1.165, 1.54) is 0 Å². The van der Waals surface area contributed by atoms with Gasteiger partial charge in [-0.15, -0.1) is 6.42 Å². The Kier molecular flexibility index (Phi) is 3.34. The van der Waals surface area contributed by atoms with Crippen LogP contribution in [0.3, 0.4) is 0 Å². The summed E-state index contributed by atoms with van der Waals surface area (Å²) in [6.07, 6.45) is 7.32. The van der Waals surface area contributed by atoms with Gasteiger partial charge in [-0.3, -0.25) is 0 Å². The lowest BCUT2D eigenvalue weighted by atomic mass is 9.95. The molecule has 0 heterocycles. The molecule has 0 aromatic heterocycles. The number of nitrogens with one attached hydrogen (secondary N) is 1. The zero-order valence-corrected chi connectivity index (χ0v) is 6.49. The summed E-state index contributed by atoms with van der Waals surface area (Å²) in [6.45, 7) is 4.19. The molecule has 0 amide bonds. The molecule has 0 aliphatic carbocycles. The number of hydrogen-bond acceptors (Lipinski definition) is 1. The molecule has 0 rings (SSSR count). The molecule has 0 spiro atoms. The number of rotatable bonds is 3. The third-order valence-electron chi connectivity index (χ3n) is 1.96. The molecule has 1 nitrogen and oxygen atoms in total. The predicted molar refractivity (Wildman–Crippen MR) is 41.2 cm³/mol. The van der Waals surface area contributed by atoms with E-state index in [0.29, 0.717) is 0 Å². The lowest BCUT2D eigenvalue weighted by Crippen LogP contribution is -2.39. The van der Waals surface area contributed by atoms with Crippen LogP contribution in [0.15, 0.2) is 0 Å². The van der Waals surface area contributed by atoms with Crippen molar-refractivity contribution in [2.75, 3.05) is 7.05 Å². The van der Waals surface area contributed by atoms with Crippen molar-refractivity contribution in [1.29, 1.82) is 0 Å². The molecule has 0 saturated carbocycles. The second-order valence-corrected chi connectivity index (χ2v) is 2.18. The SMILES string of the molecule is C#CC(CC)(CC)NC. The lowest BCUT2D eigenvalue weighted by Gasteiger charge is -2.24. The predicted octanol–water partition coefficient (Wildman–Crippen LogP) is 1.40. The molecule has 0 atom stereocenters. The highest BCUT2D eigenvalue weighted by atomic mass is 14.9. The number of hydrogen-bond donors (Lipinski definition) is 1. The van der Waals surface area contributed by atoms with Crippen LogP contribution < -0.4 is 5.32 Å². The van der Waals surface area contributed by atoms with Crippen LogP contribution in [0.1, 0.15) is 26.7 Å². The van der Waals surface area contributed by atoms with Gasteiger partial charge in [-0.05, 0) is 19.9 Å². The van der Waals surface area contributed by atoms with Gasteiger partial charge in [0.15, 0.2) is 0 Å². The van der Waals surface area contributed by atoms with Gasteiger partial charge in [-0.1, -0.05) is 19.8 Å². The lowest BCUT2D eigenvalue weighted by molar-refractivity contribution is 0.425. The standard InChI is InChI=1S/C8H15N/c1-5-8(6-2,7-3)9-4/h1,9H,6-7H2,2-4H3. The molecule has 0 aliphatic rings. The third kappa shape index (κ3) is 1.73. The Hall–Kier alpha value is -0.480. The van der Waals surface area contributed by atoms with E-state index in [1.807, 2.05) is 7.05 Å². The fourth-order valence-corrected chi connectivity index (χ4v) is 0.880. The molecule has 1 N–H and O–H groups in total. The van der Waals surface area contributed by atoms with Crippen LogP contribution in [-0.2, 0) is 0 Å². The van der Waals surface area contributed by atoms with Crippen molar-refractivity contribution in [3.63, 3.8) is 0 Å². The summed E-state index contributed by atoms with van der Waals surface area (Å²) in [6, 6.07) is 0. The Morgan fingerprint density at radius 3 is 1.89 bits per heavy atom. The van der Waals surface area contributed by atoms with Crippen molar-refractivity contribution in [2.45, 2.75) is 32.2 Å². The first-order valence-electron chi connectivity index (χ1n) is 3.41. The van der Waals surface area contributed by atoms with E-state index in [4.69, 9.17) is 6.42 Å². The van der Waals surface area contributed by atoms with Crippen molar-refractivity contribution in [3.8, 4) is 12.3 Å². The van der Waals surface area contributed by atoms with Gasteiger partial charge in [0.2, 0.25) is 0 Å². The fraction of sp³-hybridized carbons (Fsp3) is 0.750. The summed E-state index contributed by atoms with van der Waals surface area (Å²) >= 11 is 0. The number of terminal acetylenes is 1. The second kappa shape index (κ2) is 3.53. The molecule has 0 aromatic rings. The first-order valence-corrected chi connectivity index (χ1v) is 3.41. The zero-order valence-electron chi connectivity index (χ0n) is 6.49. The maximum atomic E-state index is 5.33. The van der Waals surface area contributed by atoms with Crippen LogP contribution in [-0.4, -0.2) is 12.6 Å². The molecule has 0 aliphatic heterocycles. The van der Waals surface area contributed by atoms with Crippen molar-refractivity contribution in [2.24, 2.45) is 0 Å². The minimum Gasteiger partial charge on any atom is -0.304 e. The van der Waals surface area contributed by atoms with Gasteiger partial charge in [-0.25, -0.2) is 0 Å². The maximum absolute atomic E-state index is 5.33. The normalized spacial score (nSPS) is 10.9. The van der Waals surface area contributed by atoms with E-state index in [9.17, 15) is 0 Å². The summed E-state index contributed by atoms with van der Waals surface area (Å²) in [5.41, 5.74) is -0.0556. The van der Waals surface area contributed by atoms with Gasteiger partial charge in [0.1, 0.15) is 0 Å². The van der Waals surface area contributed by atoms with E-state index < -0.39 is 0 Å². The molecule has 0 bridgehead atoms. The summed E-state index contributed by atoms with van der Waals surface area (Å²) in [5, 5.41) is 3.13. The maximum Gasteiger partial charge on any atom is 0.0790 e. The molecular formula is C8H15N. The van der Waals surface area contributed by atoms with Gasteiger partial charge in [0.25, 0.3) is 0 Å². The highest BCUT2D eigenvalue weighted by molar-refractivity contribution is 5.10. The topological polar surface area (TPSA) is 12.0 Å². The average molecular weight is 125 g/mol. The van der Waals surface area contributed by atoms with E-state index in [2.05, 4.69) is 25.1 Å². The van der Waals surface area contributed by atoms with E-state index in [0.717, 1.165) is 12.8 Å². The summed E-state index contributed by atoms with van der Waals surface area (Å²) in [5.74, 6) is 2.75. The Labute approximate surface area is 57.8 Å². The minimum absolute atomic E-state index is 0.0556. The van der Waals surface area contributed by atoms with Crippen LogP contribution >= 0.6 is 0 Å².